The minimum atomic E-state index is -4.20. The second-order valence-electron chi connectivity index (χ2n) is 7.59. The first-order chi connectivity index (χ1) is 14.4. The van der Waals surface area contributed by atoms with Gasteiger partial charge in [0, 0.05) is 34.8 Å². The van der Waals surface area contributed by atoms with Gasteiger partial charge >= 0.3 is 6.18 Å². The lowest BCUT2D eigenvalue weighted by Crippen LogP contribution is -2.44. The van der Waals surface area contributed by atoms with Gasteiger partial charge in [0.15, 0.2) is 0 Å². The van der Waals surface area contributed by atoms with E-state index in [-0.39, 0.29) is 18.0 Å². The summed E-state index contributed by atoms with van der Waals surface area (Å²) in [6.45, 7) is -0.970. The van der Waals surface area contributed by atoms with Gasteiger partial charge in [0.05, 0.1) is 18.5 Å². The number of nitrogens with one attached hydrogen (secondary N) is 2. The summed E-state index contributed by atoms with van der Waals surface area (Å²) >= 11 is 0. The van der Waals surface area contributed by atoms with Crippen LogP contribution in [0.15, 0.2) is 53.3 Å². The van der Waals surface area contributed by atoms with Gasteiger partial charge in [0.2, 0.25) is 0 Å². The van der Waals surface area contributed by atoms with E-state index in [4.69, 9.17) is 4.42 Å². The molecule has 1 aromatic carbocycles. The highest BCUT2D eigenvalue weighted by Crippen LogP contribution is 2.27. The van der Waals surface area contributed by atoms with E-state index in [1.807, 2.05) is 18.2 Å². The molecule has 5 nitrogen and oxygen atoms in total. The second kappa shape index (κ2) is 8.47. The molecule has 1 amide bonds. The summed E-state index contributed by atoms with van der Waals surface area (Å²) in [4.78, 5) is 17.0. The molecule has 1 fully saturated rings. The molecule has 30 heavy (non-hydrogen) atoms. The van der Waals surface area contributed by atoms with Crippen LogP contribution in [0, 0.1) is 0 Å². The van der Waals surface area contributed by atoms with E-state index < -0.39 is 12.7 Å². The number of carbonyl (C=O) groups excluding carboxylic acids is 1. The number of alkyl halides is 3. The second-order valence-corrected chi connectivity index (χ2v) is 7.59. The molecule has 2 N–H and O–H groups in total. The summed E-state index contributed by atoms with van der Waals surface area (Å²) in [5.41, 5.74) is 2.96. The lowest BCUT2D eigenvalue weighted by atomic mass is 9.91. The summed E-state index contributed by atoms with van der Waals surface area (Å²) in [5.74, 6) is -0.178. The number of aromatic nitrogens is 1. The molecule has 0 aliphatic heterocycles. The maximum atomic E-state index is 12.6. The van der Waals surface area contributed by atoms with Gasteiger partial charge in [-0.25, -0.2) is 0 Å². The molecule has 0 bridgehead atoms. The molecular formula is C22H22F3N3O2. The van der Waals surface area contributed by atoms with Gasteiger partial charge in [-0.05, 0) is 49.9 Å². The van der Waals surface area contributed by atoms with Crippen LogP contribution in [0.25, 0.3) is 22.2 Å². The number of hydrogen-bond donors (Lipinski definition) is 2. The zero-order valence-electron chi connectivity index (χ0n) is 16.2. The number of benzene rings is 1. The van der Waals surface area contributed by atoms with Crippen molar-refractivity contribution in [3.05, 3.63) is 54.4 Å². The number of carbonyl (C=O) groups is 1. The molecule has 2 aromatic heterocycles. The topological polar surface area (TPSA) is 67.2 Å². The number of amides is 1. The average Bonchev–Trinajstić information content (AvgIpc) is 3.22. The van der Waals surface area contributed by atoms with Gasteiger partial charge in [-0.15, -0.1) is 0 Å². The predicted octanol–water partition coefficient (Wildman–Crippen LogP) is 4.69. The van der Waals surface area contributed by atoms with E-state index >= 15 is 0 Å². The standard InChI is InChI=1S/C22H22F3N3O2/c23-22(24,25)13-27-16-5-7-17(8-6-16)28-21(29)15-3-1-14(2-4-15)20-18-10-12-30-19(18)9-11-26-20/h1-4,9-12,16-17,27H,5-8,13H2,(H,28,29). The van der Waals surface area contributed by atoms with Crippen molar-refractivity contribution in [3.8, 4) is 11.3 Å². The van der Waals surface area contributed by atoms with Crippen molar-refractivity contribution in [2.24, 2.45) is 0 Å². The number of hydrogen-bond acceptors (Lipinski definition) is 4. The Hall–Kier alpha value is -2.87. The van der Waals surface area contributed by atoms with E-state index in [0.29, 0.717) is 31.2 Å². The minimum absolute atomic E-state index is 0.0255. The molecule has 0 unspecified atom stereocenters. The van der Waals surface area contributed by atoms with Crippen molar-refractivity contribution in [1.82, 2.24) is 15.6 Å². The van der Waals surface area contributed by atoms with Crippen molar-refractivity contribution in [1.29, 1.82) is 0 Å². The summed E-state index contributed by atoms with van der Waals surface area (Å²) in [7, 11) is 0. The van der Waals surface area contributed by atoms with Gasteiger partial charge in [-0.3, -0.25) is 9.78 Å². The largest absolute Gasteiger partial charge is 0.464 e. The molecule has 158 valence electrons. The smallest absolute Gasteiger partial charge is 0.401 e. The quantitative estimate of drug-likeness (QED) is 0.632. The molecule has 1 aliphatic carbocycles. The first-order valence-electron chi connectivity index (χ1n) is 9.93. The Bertz CT molecular complexity index is 1010. The maximum absolute atomic E-state index is 12.6. The maximum Gasteiger partial charge on any atom is 0.401 e. The Morgan fingerprint density at radius 2 is 1.73 bits per heavy atom. The number of fused-ring (bicyclic) bond motifs is 1. The summed E-state index contributed by atoms with van der Waals surface area (Å²) < 4.78 is 42.3. The van der Waals surface area contributed by atoms with E-state index in [1.54, 1.807) is 30.7 Å². The highest BCUT2D eigenvalue weighted by Gasteiger charge is 2.30. The molecule has 0 saturated heterocycles. The Labute approximate surface area is 171 Å². The molecule has 4 rings (SSSR count). The van der Waals surface area contributed by atoms with Crippen LogP contribution in [0.1, 0.15) is 36.0 Å². The van der Waals surface area contributed by atoms with E-state index in [2.05, 4.69) is 15.6 Å². The molecule has 3 aromatic rings. The number of halogens is 3. The van der Waals surface area contributed by atoms with Crippen LogP contribution in [0.4, 0.5) is 13.2 Å². The zero-order chi connectivity index (χ0) is 21.1. The van der Waals surface area contributed by atoms with Crippen LogP contribution >= 0.6 is 0 Å². The van der Waals surface area contributed by atoms with Crippen LogP contribution in [0.2, 0.25) is 0 Å². The van der Waals surface area contributed by atoms with Crippen molar-refractivity contribution < 1.29 is 22.4 Å². The first kappa shape index (κ1) is 20.4. The lowest BCUT2D eigenvalue weighted by molar-refractivity contribution is -0.126. The van der Waals surface area contributed by atoms with Crippen molar-refractivity contribution in [3.63, 3.8) is 0 Å². The normalized spacial score (nSPS) is 19.7. The molecule has 1 saturated carbocycles. The Balaban J connectivity index is 1.33. The highest BCUT2D eigenvalue weighted by molar-refractivity contribution is 5.96. The summed E-state index contributed by atoms with van der Waals surface area (Å²) in [6, 6.07) is 10.7. The van der Waals surface area contributed by atoms with E-state index in [1.165, 1.54) is 0 Å². The monoisotopic (exact) mass is 417 g/mol. The van der Waals surface area contributed by atoms with Crippen molar-refractivity contribution in [2.45, 2.75) is 43.9 Å². The predicted molar refractivity (Wildman–Crippen MR) is 107 cm³/mol. The minimum Gasteiger partial charge on any atom is -0.464 e. The van der Waals surface area contributed by atoms with Crippen LogP contribution in [-0.2, 0) is 0 Å². The average molecular weight is 417 g/mol. The molecule has 1 aliphatic rings. The number of furan rings is 1. The third kappa shape index (κ3) is 4.81. The van der Waals surface area contributed by atoms with Crippen LogP contribution in [-0.4, -0.2) is 35.7 Å². The fraction of sp³-hybridized carbons (Fsp3) is 0.364. The van der Waals surface area contributed by atoms with Crippen LogP contribution < -0.4 is 10.6 Å². The number of rotatable bonds is 5. The summed E-state index contributed by atoms with van der Waals surface area (Å²) in [5, 5.41) is 6.45. The first-order valence-corrected chi connectivity index (χ1v) is 9.93. The van der Waals surface area contributed by atoms with Crippen molar-refractivity contribution in [2.75, 3.05) is 6.54 Å². The highest BCUT2D eigenvalue weighted by atomic mass is 19.4. The van der Waals surface area contributed by atoms with Crippen LogP contribution in [0.3, 0.4) is 0 Å². The van der Waals surface area contributed by atoms with Gasteiger partial charge in [-0.2, -0.15) is 13.2 Å². The van der Waals surface area contributed by atoms with Gasteiger partial charge in [0.1, 0.15) is 5.58 Å². The van der Waals surface area contributed by atoms with Crippen LogP contribution in [0.5, 0.6) is 0 Å². The van der Waals surface area contributed by atoms with E-state index in [9.17, 15) is 18.0 Å². The number of nitrogens with zero attached hydrogens (tertiary/aromatic N) is 1. The molecule has 2 heterocycles. The fourth-order valence-electron chi connectivity index (χ4n) is 3.87. The van der Waals surface area contributed by atoms with Gasteiger partial charge < -0.3 is 15.1 Å². The third-order valence-corrected chi connectivity index (χ3v) is 5.45. The third-order valence-electron chi connectivity index (χ3n) is 5.45. The fourth-order valence-corrected chi connectivity index (χ4v) is 3.87. The molecule has 8 heteroatoms. The Morgan fingerprint density at radius 1 is 1.03 bits per heavy atom. The Kier molecular flexibility index (Phi) is 5.76. The number of pyridine rings is 1. The zero-order valence-corrected chi connectivity index (χ0v) is 16.2. The van der Waals surface area contributed by atoms with Gasteiger partial charge in [-0.1, -0.05) is 12.1 Å². The van der Waals surface area contributed by atoms with E-state index in [0.717, 1.165) is 22.2 Å². The Morgan fingerprint density at radius 3 is 2.43 bits per heavy atom. The molecular weight excluding hydrogens is 395 g/mol. The van der Waals surface area contributed by atoms with Gasteiger partial charge in [0.25, 0.3) is 5.91 Å². The molecule has 0 atom stereocenters. The lowest BCUT2D eigenvalue weighted by Gasteiger charge is -2.30. The molecule has 0 radical (unpaired) electrons. The summed E-state index contributed by atoms with van der Waals surface area (Å²) in [6.07, 6.45) is 1.64. The SMILES string of the molecule is O=C(NC1CCC(NCC(F)(F)F)CC1)c1ccc(-c2nccc3occc23)cc1. The van der Waals surface area contributed by atoms with Crippen molar-refractivity contribution >= 4 is 16.9 Å². The molecule has 0 spiro atoms.